The summed E-state index contributed by atoms with van der Waals surface area (Å²) in [5.41, 5.74) is 1.84. The molecule has 0 aromatic carbocycles. The Bertz CT molecular complexity index is 316. The quantitative estimate of drug-likeness (QED) is 0.811. The summed E-state index contributed by atoms with van der Waals surface area (Å²) >= 11 is 0. The molecule has 1 heterocycles. The first-order valence-corrected chi connectivity index (χ1v) is 5.90. The molecule has 3 nitrogen and oxygen atoms in total. The maximum absolute atomic E-state index is 10.1. The summed E-state index contributed by atoms with van der Waals surface area (Å²) in [7, 11) is 0. The molecule has 1 aromatic heterocycles. The molecule has 3 heteroatoms. The largest absolute Gasteiger partial charge is 0.504 e. The first-order chi connectivity index (χ1) is 7.11. The van der Waals surface area contributed by atoms with Crippen molar-refractivity contribution in [3.63, 3.8) is 0 Å². The van der Waals surface area contributed by atoms with E-state index < -0.39 is 0 Å². The second-order valence-corrected chi connectivity index (χ2v) is 4.31. The average molecular weight is 210 g/mol. The second kappa shape index (κ2) is 5.19. The summed E-state index contributed by atoms with van der Waals surface area (Å²) in [6, 6.07) is 0. The molecule has 0 amide bonds. The number of aromatic hydroxyl groups is 1. The minimum absolute atomic E-state index is 0.290. The van der Waals surface area contributed by atoms with Gasteiger partial charge in [0.25, 0.3) is 0 Å². The zero-order valence-corrected chi connectivity index (χ0v) is 10.2. The molecule has 1 N–H and O–H groups in total. The Hall–Kier alpha value is -0.990. The van der Waals surface area contributed by atoms with E-state index in [1.54, 1.807) is 0 Å². The van der Waals surface area contributed by atoms with Crippen molar-refractivity contribution in [2.45, 2.75) is 59.4 Å². The van der Waals surface area contributed by atoms with Crippen LogP contribution in [0.25, 0.3) is 0 Å². The van der Waals surface area contributed by atoms with Crippen LogP contribution in [0.2, 0.25) is 0 Å². The molecule has 0 fully saturated rings. The maximum atomic E-state index is 10.1. The van der Waals surface area contributed by atoms with Gasteiger partial charge in [-0.15, -0.1) is 0 Å². The van der Waals surface area contributed by atoms with Gasteiger partial charge in [0, 0.05) is 12.5 Å². The van der Waals surface area contributed by atoms with Crippen molar-refractivity contribution in [2.24, 2.45) is 0 Å². The predicted octanol–water partition coefficient (Wildman–Crippen LogP) is 3.07. The smallest absolute Gasteiger partial charge is 0.160 e. The number of aryl methyl sites for hydroxylation is 1. The molecule has 15 heavy (non-hydrogen) atoms. The van der Waals surface area contributed by atoms with Crippen LogP contribution in [-0.2, 0) is 13.0 Å². The van der Waals surface area contributed by atoms with E-state index in [0.29, 0.717) is 11.7 Å². The first kappa shape index (κ1) is 12.1. The minimum atomic E-state index is 0.290. The third kappa shape index (κ3) is 2.52. The molecule has 0 bridgehead atoms. The standard InChI is InChI=1S/C12H22N2O/c1-5-7-10-12(15)11(9(3)4)13-14(10)8-6-2/h9,15H,5-8H2,1-4H3. The van der Waals surface area contributed by atoms with Crippen LogP contribution in [0.1, 0.15) is 57.8 Å². The fourth-order valence-corrected chi connectivity index (χ4v) is 1.78. The molecule has 0 saturated carbocycles. The zero-order valence-electron chi connectivity index (χ0n) is 10.2. The van der Waals surface area contributed by atoms with Gasteiger partial charge in [0.15, 0.2) is 5.75 Å². The highest BCUT2D eigenvalue weighted by Crippen LogP contribution is 2.29. The lowest BCUT2D eigenvalue weighted by atomic mass is 10.1. The van der Waals surface area contributed by atoms with E-state index in [1.807, 2.05) is 4.68 Å². The summed E-state index contributed by atoms with van der Waals surface area (Å²) < 4.78 is 1.97. The maximum Gasteiger partial charge on any atom is 0.160 e. The molecule has 1 aromatic rings. The van der Waals surface area contributed by atoms with Gasteiger partial charge < -0.3 is 5.11 Å². The normalized spacial score (nSPS) is 11.3. The monoisotopic (exact) mass is 210 g/mol. The summed E-state index contributed by atoms with van der Waals surface area (Å²) in [6.45, 7) is 9.28. The zero-order chi connectivity index (χ0) is 11.4. The highest BCUT2D eigenvalue weighted by atomic mass is 16.3. The average Bonchev–Trinajstić information content (AvgIpc) is 2.47. The fraction of sp³-hybridized carbons (Fsp3) is 0.750. The Labute approximate surface area is 92.1 Å². The van der Waals surface area contributed by atoms with Crippen molar-refractivity contribution < 1.29 is 5.11 Å². The van der Waals surface area contributed by atoms with Crippen molar-refractivity contribution in [3.8, 4) is 5.75 Å². The van der Waals surface area contributed by atoms with Crippen LogP contribution in [0.3, 0.4) is 0 Å². The van der Waals surface area contributed by atoms with Crippen LogP contribution < -0.4 is 0 Å². The number of nitrogens with zero attached hydrogens (tertiary/aromatic N) is 2. The van der Waals surface area contributed by atoms with Crippen molar-refractivity contribution in [1.82, 2.24) is 9.78 Å². The van der Waals surface area contributed by atoms with Crippen LogP contribution in [0.15, 0.2) is 0 Å². The molecule has 0 saturated heterocycles. The molecule has 0 aliphatic carbocycles. The topological polar surface area (TPSA) is 38.1 Å². The highest BCUT2D eigenvalue weighted by molar-refractivity contribution is 5.34. The lowest BCUT2D eigenvalue weighted by molar-refractivity contribution is 0.454. The lowest BCUT2D eigenvalue weighted by Gasteiger charge is -2.04. The number of rotatable bonds is 5. The van der Waals surface area contributed by atoms with Gasteiger partial charge in [-0.3, -0.25) is 4.68 Å². The van der Waals surface area contributed by atoms with Gasteiger partial charge >= 0.3 is 0 Å². The van der Waals surface area contributed by atoms with E-state index in [4.69, 9.17) is 0 Å². The molecular formula is C12H22N2O. The van der Waals surface area contributed by atoms with Crippen molar-refractivity contribution in [1.29, 1.82) is 0 Å². The van der Waals surface area contributed by atoms with Gasteiger partial charge in [-0.25, -0.2) is 0 Å². The first-order valence-electron chi connectivity index (χ1n) is 5.90. The van der Waals surface area contributed by atoms with Gasteiger partial charge in [-0.1, -0.05) is 34.1 Å². The molecule has 0 unspecified atom stereocenters. The van der Waals surface area contributed by atoms with E-state index >= 15 is 0 Å². The van der Waals surface area contributed by atoms with E-state index in [0.717, 1.165) is 37.2 Å². The molecule has 0 aliphatic heterocycles. The van der Waals surface area contributed by atoms with Crippen LogP contribution >= 0.6 is 0 Å². The molecule has 86 valence electrons. The fourth-order valence-electron chi connectivity index (χ4n) is 1.78. The van der Waals surface area contributed by atoms with Crippen LogP contribution in [0, 0.1) is 0 Å². The van der Waals surface area contributed by atoms with Gasteiger partial charge in [-0.2, -0.15) is 5.10 Å². The van der Waals surface area contributed by atoms with Crippen molar-refractivity contribution in [2.75, 3.05) is 0 Å². The predicted molar refractivity (Wildman–Crippen MR) is 62.3 cm³/mol. The van der Waals surface area contributed by atoms with E-state index in [1.165, 1.54) is 0 Å². The molecule has 0 atom stereocenters. The highest BCUT2D eigenvalue weighted by Gasteiger charge is 2.17. The Morgan fingerprint density at radius 2 is 1.93 bits per heavy atom. The Morgan fingerprint density at radius 1 is 1.27 bits per heavy atom. The van der Waals surface area contributed by atoms with E-state index in [-0.39, 0.29) is 0 Å². The molecule has 0 spiro atoms. The summed E-state index contributed by atoms with van der Waals surface area (Å²) in [5.74, 6) is 0.707. The van der Waals surface area contributed by atoms with Gasteiger partial charge in [0.05, 0.1) is 5.69 Å². The molecule has 0 aliphatic rings. The Morgan fingerprint density at radius 3 is 2.40 bits per heavy atom. The van der Waals surface area contributed by atoms with Gasteiger partial charge in [0.1, 0.15) is 5.69 Å². The molecular weight excluding hydrogens is 188 g/mol. The van der Waals surface area contributed by atoms with Gasteiger partial charge in [-0.05, 0) is 12.8 Å². The molecule has 1 rings (SSSR count). The van der Waals surface area contributed by atoms with Crippen LogP contribution in [0.5, 0.6) is 5.75 Å². The minimum Gasteiger partial charge on any atom is -0.504 e. The Kier molecular flexibility index (Phi) is 4.18. The summed E-state index contributed by atoms with van der Waals surface area (Å²) in [4.78, 5) is 0. The number of hydrogen-bond donors (Lipinski definition) is 1. The summed E-state index contributed by atoms with van der Waals surface area (Å²) in [6.07, 6.45) is 3.00. The van der Waals surface area contributed by atoms with Crippen molar-refractivity contribution in [3.05, 3.63) is 11.4 Å². The van der Waals surface area contributed by atoms with Crippen molar-refractivity contribution >= 4 is 0 Å². The third-order valence-corrected chi connectivity index (χ3v) is 2.53. The summed E-state index contributed by atoms with van der Waals surface area (Å²) in [5, 5.41) is 14.5. The number of hydrogen-bond acceptors (Lipinski definition) is 2. The van der Waals surface area contributed by atoms with Crippen LogP contribution in [0.4, 0.5) is 0 Å². The number of aromatic nitrogens is 2. The van der Waals surface area contributed by atoms with E-state index in [2.05, 4.69) is 32.8 Å². The van der Waals surface area contributed by atoms with Crippen LogP contribution in [-0.4, -0.2) is 14.9 Å². The Balaban J connectivity index is 3.07. The molecule has 0 radical (unpaired) electrons. The SMILES string of the molecule is CCCc1c(O)c(C(C)C)nn1CCC. The second-order valence-electron chi connectivity index (χ2n) is 4.31. The third-order valence-electron chi connectivity index (χ3n) is 2.53. The van der Waals surface area contributed by atoms with E-state index in [9.17, 15) is 5.11 Å². The lowest BCUT2D eigenvalue weighted by Crippen LogP contribution is -2.04. The van der Waals surface area contributed by atoms with Gasteiger partial charge in [0.2, 0.25) is 0 Å².